The number of carboxylic acid groups (broad SMARTS) is 2. The molecule has 1 saturated heterocycles. The molecule has 2 unspecified atom stereocenters. The Labute approximate surface area is 163 Å². The molecule has 1 aliphatic heterocycles. The van der Waals surface area contributed by atoms with Crippen LogP contribution in [0, 0.1) is 5.92 Å². The van der Waals surface area contributed by atoms with Crippen molar-refractivity contribution in [1.29, 1.82) is 0 Å². The molecule has 8 nitrogen and oxygen atoms in total. The molecule has 2 aliphatic rings. The number of phenolic OH excluding ortho intramolecular Hbond substituents is 1. The molecule has 1 aliphatic carbocycles. The van der Waals surface area contributed by atoms with Gasteiger partial charge in [0.1, 0.15) is 11.5 Å². The molecule has 0 radical (unpaired) electrons. The van der Waals surface area contributed by atoms with Crippen LogP contribution in [0.5, 0.6) is 11.5 Å². The minimum Gasteiger partial charge on any atom is -0.507 e. The highest BCUT2D eigenvalue weighted by atomic mass is 16.5. The van der Waals surface area contributed by atoms with E-state index in [1.165, 1.54) is 0 Å². The summed E-state index contributed by atoms with van der Waals surface area (Å²) in [5.41, 5.74) is 2.26. The van der Waals surface area contributed by atoms with Crippen LogP contribution in [-0.4, -0.2) is 65.2 Å². The summed E-state index contributed by atoms with van der Waals surface area (Å²) in [6, 6.07) is 1.97. The van der Waals surface area contributed by atoms with Gasteiger partial charge in [0.2, 0.25) is 0 Å². The van der Waals surface area contributed by atoms with E-state index in [1.807, 2.05) is 13.0 Å². The maximum atomic E-state index is 12.4. The van der Waals surface area contributed by atoms with E-state index in [9.17, 15) is 19.5 Å². The Bertz CT molecular complexity index is 799. The van der Waals surface area contributed by atoms with Gasteiger partial charge in [-0.25, -0.2) is 9.59 Å². The minimum atomic E-state index is -1.26. The molecule has 152 valence electrons. The Morgan fingerprint density at radius 1 is 1.25 bits per heavy atom. The third kappa shape index (κ3) is 4.51. The summed E-state index contributed by atoms with van der Waals surface area (Å²) in [5.74, 6) is -0.896. The van der Waals surface area contributed by atoms with Crippen LogP contribution >= 0.6 is 0 Å². The molecule has 2 atom stereocenters. The number of aliphatic carboxylic acids is 2. The molecule has 0 aromatic heterocycles. The van der Waals surface area contributed by atoms with Crippen LogP contribution in [0.1, 0.15) is 40.7 Å². The van der Waals surface area contributed by atoms with Gasteiger partial charge >= 0.3 is 11.9 Å². The first-order valence-corrected chi connectivity index (χ1v) is 8.97. The third-order valence-electron chi connectivity index (χ3n) is 5.09. The number of aromatic hydroxyl groups is 1. The van der Waals surface area contributed by atoms with Gasteiger partial charge in [-0.1, -0.05) is 6.92 Å². The summed E-state index contributed by atoms with van der Waals surface area (Å²) in [7, 11) is 3.70. The van der Waals surface area contributed by atoms with E-state index in [0.717, 1.165) is 24.2 Å². The number of Topliss-reactive ketones (excluding diaryl/α,β-unsaturated/α-hetero) is 1. The molecule has 0 amide bonds. The zero-order valence-electron chi connectivity index (χ0n) is 16.1. The predicted octanol–water partition coefficient (Wildman–Crippen LogP) is 1.91. The smallest absolute Gasteiger partial charge is 0.328 e. The second-order valence-corrected chi connectivity index (χ2v) is 6.95. The van der Waals surface area contributed by atoms with Gasteiger partial charge in [-0.15, -0.1) is 0 Å². The number of fused-ring (bicyclic) bond motifs is 3. The van der Waals surface area contributed by atoms with E-state index in [-0.39, 0.29) is 11.5 Å². The lowest BCUT2D eigenvalue weighted by Gasteiger charge is -2.28. The number of carboxylic acids is 2. The van der Waals surface area contributed by atoms with E-state index < -0.39 is 11.9 Å². The third-order valence-corrected chi connectivity index (χ3v) is 5.09. The van der Waals surface area contributed by atoms with Gasteiger partial charge in [-0.3, -0.25) is 4.79 Å². The van der Waals surface area contributed by atoms with E-state index in [1.54, 1.807) is 7.11 Å². The first kappa shape index (κ1) is 21.4. The van der Waals surface area contributed by atoms with Crippen molar-refractivity contribution < 1.29 is 34.4 Å². The highest BCUT2D eigenvalue weighted by Crippen LogP contribution is 2.47. The van der Waals surface area contributed by atoms with Crippen molar-refractivity contribution >= 4 is 17.7 Å². The average molecular weight is 391 g/mol. The van der Waals surface area contributed by atoms with E-state index in [2.05, 4.69) is 11.9 Å². The van der Waals surface area contributed by atoms with Crippen LogP contribution in [0.15, 0.2) is 18.2 Å². The number of hydrogen-bond acceptors (Lipinski definition) is 6. The van der Waals surface area contributed by atoms with Crippen molar-refractivity contribution in [2.45, 2.75) is 25.7 Å². The van der Waals surface area contributed by atoms with E-state index in [4.69, 9.17) is 14.9 Å². The number of benzene rings is 1. The number of phenols is 1. The molecule has 3 N–H and O–H groups in total. The number of hydrogen-bond donors (Lipinski definition) is 3. The van der Waals surface area contributed by atoms with Gasteiger partial charge in [-0.2, -0.15) is 0 Å². The summed E-state index contributed by atoms with van der Waals surface area (Å²) in [5, 5.41) is 26.1. The number of ether oxygens (including phenoxy) is 1. The molecule has 1 fully saturated rings. The molecule has 3 rings (SSSR count). The summed E-state index contributed by atoms with van der Waals surface area (Å²) in [4.78, 5) is 33.8. The highest BCUT2D eigenvalue weighted by molar-refractivity contribution is 6.02. The van der Waals surface area contributed by atoms with Gasteiger partial charge in [0.05, 0.1) is 12.7 Å². The van der Waals surface area contributed by atoms with Gasteiger partial charge < -0.3 is 25.0 Å². The number of likely N-dealkylation sites (tertiary alicyclic amines) is 1. The molecule has 1 aromatic carbocycles. The fourth-order valence-electron chi connectivity index (χ4n) is 3.94. The molecular formula is C20H25NO7. The topological polar surface area (TPSA) is 124 Å². The maximum Gasteiger partial charge on any atom is 0.328 e. The quantitative estimate of drug-likeness (QED) is 0.665. The molecule has 0 spiro atoms. The largest absolute Gasteiger partial charge is 0.507 e. The fraction of sp³-hybridized carbons (Fsp3) is 0.450. The van der Waals surface area contributed by atoms with Crippen molar-refractivity contribution in [3.8, 4) is 11.5 Å². The second-order valence-electron chi connectivity index (χ2n) is 6.95. The summed E-state index contributed by atoms with van der Waals surface area (Å²) >= 11 is 0. The van der Waals surface area contributed by atoms with E-state index >= 15 is 0 Å². The molecule has 28 heavy (non-hydrogen) atoms. The summed E-state index contributed by atoms with van der Waals surface area (Å²) < 4.78 is 5.41. The lowest BCUT2D eigenvalue weighted by molar-refractivity contribution is -0.134. The minimum absolute atomic E-state index is 0.0754. The fourth-order valence-corrected chi connectivity index (χ4v) is 3.94. The summed E-state index contributed by atoms with van der Waals surface area (Å²) in [6.07, 6.45) is 2.32. The first-order valence-electron chi connectivity index (χ1n) is 8.97. The Balaban J connectivity index is 0.000000300. The van der Waals surface area contributed by atoms with Crippen LogP contribution in [0.4, 0.5) is 0 Å². The standard InChI is InChI=1S/C16H21NO3.C4H4O4/c1-4-10-14(20-3)6-11-12-8-17(2)7-9(12)5-13(18)15(11)16(10)19;5-3(6)1-2-4(7)8/h6,9,12,19H,4-5,7-8H2,1-3H3;1-2H,(H,5,6)(H,7,8)/b;2-1+. The first-order chi connectivity index (χ1) is 13.2. The van der Waals surface area contributed by atoms with Crippen molar-refractivity contribution in [3.05, 3.63) is 34.9 Å². The Kier molecular flexibility index (Phi) is 6.80. The van der Waals surface area contributed by atoms with E-state index in [0.29, 0.717) is 48.1 Å². The Morgan fingerprint density at radius 3 is 2.36 bits per heavy atom. The highest BCUT2D eigenvalue weighted by Gasteiger charge is 2.41. The van der Waals surface area contributed by atoms with Crippen molar-refractivity contribution in [1.82, 2.24) is 4.90 Å². The zero-order valence-corrected chi connectivity index (χ0v) is 16.1. The zero-order chi connectivity index (χ0) is 21.0. The normalized spacial score (nSPS) is 20.9. The van der Waals surface area contributed by atoms with Gasteiger partial charge in [0, 0.05) is 43.1 Å². The Morgan fingerprint density at radius 2 is 1.86 bits per heavy atom. The number of ketones is 1. The number of carbonyl (C=O) groups excluding carboxylic acids is 1. The lowest BCUT2D eigenvalue weighted by Crippen LogP contribution is -2.24. The van der Waals surface area contributed by atoms with Crippen LogP contribution in [-0.2, 0) is 16.0 Å². The van der Waals surface area contributed by atoms with Crippen molar-refractivity contribution in [2.75, 3.05) is 27.2 Å². The van der Waals surface area contributed by atoms with Crippen LogP contribution in [0.2, 0.25) is 0 Å². The number of nitrogens with zero attached hydrogens (tertiary/aromatic N) is 1. The second kappa shape index (κ2) is 8.88. The average Bonchev–Trinajstić information content (AvgIpc) is 3.00. The molecule has 8 heteroatoms. The maximum absolute atomic E-state index is 12.4. The number of likely N-dealkylation sites (N-methyl/N-ethyl adjacent to an activating group) is 1. The van der Waals surface area contributed by atoms with Gasteiger partial charge in [0.15, 0.2) is 5.78 Å². The van der Waals surface area contributed by atoms with Gasteiger partial charge in [-0.05, 0) is 31.0 Å². The Hall–Kier alpha value is -2.87. The number of carbonyl (C=O) groups is 3. The number of methoxy groups -OCH3 is 1. The molecule has 0 saturated carbocycles. The van der Waals surface area contributed by atoms with Crippen LogP contribution < -0.4 is 4.74 Å². The monoisotopic (exact) mass is 391 g/mol. The lowest BCUT2D eigenvalue weighted by atomic mass is 9.75. The van der Waals surface area contributed by atoms with Gasteiger partial charge in [0.25, 0.3) is 0 Å². The SMILES string of the molecule is CCc1c(OC)cc2c(c1O)C(=O)CC1CN(C)CC21.O=C(O)/C=C/C(=O)O. The number of rotatable bonds is 4. The summed E-state index contributed by atoms with van der Waals surface area (Å²) in [6.45, 7) is 3.86. The predicted molar refractivity (Wildman–Crippen MR) is 101 cm³/mol. The molecule has 0 bridgehead atoms. The van der Waals surface area contributed by atoms with Crippen LogP contribution in [0.3, 0.4) is 0 Å². The molecule has 1 aromatic rings. The molecule has 1 heterocycles. The molecular weight excluding hydrogens is 366 g/mol. The van der Waals surface area contributed by atoms with Crippen LogP contribution in [0.25, 0.3) is 0 Å². The van der Waals surface area contributed by atoms with Crippen molar-refractivity contribution in [2.24, 2.45) is 5.92 Å². The van der Waals surface area contributed by atoms with Crippen molar-refractivity contribution in [3.63, 3.8) is 0 Å².